The lowest BCUT2D eigenvalue weighted by Crippen LogP contribution is -1.88. The van der Waals surface area contributed by atoms with E-state index in [4.69, 9.17) is 0 Å². The summed E-state index contributed by atoms with van der Waals surface area (Å²) in [7, 11) is 0. The van der Waals surface area contributed by atoms with Crippen LogP contribution in [-0.2, 0) is 0 Å². The molecule has 0 aromatic heterocycles. The second-order valence-electron chi connectivity index (χ2n) is 3.73. The quantitative estimate of drug-likeness (QED) is 0.497. The topological polar surface area (TPSA) is 0 Å². The summed E-state index contributed by atoms with van der Waals surface area (Å²) in [5.74, 6) is 2.03. The van der Waals surface area contributed by atoms with E-state index in [1.54, 1.807) is 0 Å². The normalized spacial score (nSPS) is 23.4. The molecule has 0 aliphatic heterocycles. The maximum Gasteiger partial charge on any atom is 0.00660 e. The van der Waals surface area contributed by atoms with Crippen LogP contribution >= 0.6 is 15.9 Å². The summed E-state index contributed by atoms with van der Waals surface area (Å²) in [5, 5.41) is 1.13. The van der Waals surface area contributed by atoms with Gasteiger partial charge >= 0.3 is 0 Å². The second-order valence-corrected chi connectivity index (χ2v) is 4.52. The van der Waals surface area contributed by atoms with Crippen LogP contribution < -0.4 is 0 Å². The Morgan fingerprint density at radius 1 is 1.18 bits per heavy atom. The van der Waals surface area contributed by atoms with E-state index >= 15 is 0 Å². The summed E-state index contributed by atoms with van der Waals surface area (Å²) >= 11 is 3.47. The fourth-order valence-electron chi connectivity index (χ4n) is 1.72. The minimum atomic E-state index is 1.02. The van der Waals surface area contributed by atoms with Crippen LogP contribution in [0.5, 0.6) is 0 Å². The molecule has 0 aromatic carbocycles. The third-order valence-electron chi connectivity index (χ3n) is 2.59. The molecule has 62 valence electrons. The zero-order valence-corrected chi connectivity index (χ0v) is 8.44. The summed E-state index contributed by atoms with van der Waals surface area (Å²) in [6.45, 7) is 0. The van der Waals surface area contributed by atoms with Gasteiger partial charge in [-0.05, 0) is 43.9 Å². The molecule has 0 atom stereocenters. The fraction of sp³-hybridized carbons (Fsp3) is 0.800. The van der Waals surface area contributed by atoms with E-state index in [2.05, 4.69) is 22.0 Å². The number of halogens is 1. The van der Waals surface area contributed by atoms with Gasteiger partial charge in [0, 0.05) is 5.33 Å². The van der Waals surface area contributed by atoms with Crippen molar-refractivity contribution in [3.63, 3.8) is 0 Å². The zero-order valence-electron chi connectivity index (χ0n) is 6.85. The van der Waals surface area contributed by atoms with Crippen molar-refractivity contribution in [2.45, 2.75) is 32.1 Å². The van der Waals surface area contributed by atoms with Crippen LogP contribution in [-0.4, -0.2) is 5.33 Å². The van der Waals surface area contributed by atoms with Gasteiger partial charge in [-0.25, -0.2) is 0 Å². The van der Waals surface area contributed by atoms with E-state index in [1.807, 2.05) is 5.57 Å². The fourth-order valence-corrected chi connectivity index (χ4v) is 1.95. The van der Waals surface area contributed by atoms with Crippen molar-refractivity contribution >= 4 is 15.9 Å². The molecule has 0 nitrogen and oxygen atoms in total. The van der Waals surface area contributed by atoms with Gasteiger partial charge in [-0.1, -0.05) is 27.6 Å². The van der Waals surface area contributed by atoms with Crippen molar-refractivity contribution in [1.82, 2.24) is 0 Å². The van der Waals surface area contributed by atoms with Gasteiger partial charge in [0.15, 0.2) is 0 Å². The predicted octanol–water partition coefficient (Wildman–Crippen LogP) is 3.52. The highest BCUT2D eigenvalue weighted by molar-refractivity contribution is 9.09. The van der Waals surface area contributed by atoms with Crippen LogP contribution in [0.25, 0.3) is 0 Å². The van der Waals surface area contributed by atoms with Crippen LogP contribution in [0.4, 0.5) is 0 Å². The first-order valence-corrected chi connectivity index (χ1v) is 5.80. The van der Waals surface area contributed by atoms with Gasteiger partial charge in [0.25, 0.3) is 0 Å². The van der Waals surface area contributed by atoms with Gasteiger partial charge in [0.1, 0.15) is 0 Å². The number of alkyl halides is 1. The lowest BCUT2D eigenvalue weighted by Gasteiger charge is -2.01. The minimum Gasteiger partial charge on any atom is -0.0925 e. The molecule has 2 saturated carbocycles. The number of allylic oxidation sites excluding steroid dienone is 2. The Morgan fingerprint density at radius 2 is 1.73 bits per heavy atom. The standard InChI is InChI=1S/C10H15Br/c11-7-1-2-10(8-3-4-8)9-5-6-9/h2,8-9H,1,3-7H2. The van der Waals surface area contributed by atoms with Crippen LogP contribution in [0.2, 0.25) is 0 Å². The molecule has 0 heterocycles. The van der Waals surface area contributed by atoms with Crippen LogP contribution in [0.3, 0.4) is 0 Å². The van der Waals surface area contributed by atoms with E-state index in [0.29, 0.717) is 0 Å². The third kappa shape index (κ3) is 2.08. The van der Waals surface area contributed by atoms with Crippen molar-refractivity contribution in [2.24, 2.45) is 11.8 Å². The van der Waals surface area contributed by atoms with E-state index in [9.17, 15) is 0 Å². The Labute approximate surface area is 77.2 Å². The smallest absolute Gasteiger partial charge is 0.00660 e. The molecule has 2 fully saturated rings. The monoisotopic (exact) mass is 214 g/mol. The van der Waals surface area contributed by atoms with Gasteiger partial charge in [-0.2, -0.15) is 0 Å². The highest BCUT2D eigenvalue weighted by atomic mass is 79.9. The average molecular weight is 215 g/mol. The largest absolute Gasteiger partial charge is 0.0925 e. The Balaban J connectivity index is 1.90. The lowest BCUT2D eigenvalue weighted by molar-refractivity contribution is 0.844. The first kappa shape index (κ1) is 7.85. The molecule has 2 aliphatic carbocycles. The van der Waals surface area contributed by atoms with Crippen LogP contribution in [0, 0.1) is 11.8 Å². The molecule has 1 heteroatoms. The highest BCUT2D eigenvalue weighted by Crippen LogP contribution is 2.48. The summed E-state index contributed by atoms with van der Waals surface area (Å²) < 4.78 is 0. The molecule has 0 bridgehead atoms. The average Bonchev–Trinajstić information content (AvgIpc) is 2.85. The van der Waals surface area contributed by atoms with Crippen molar-refractivity contribution in [3.8, 4) is 0 Å². The van der Waals surface area contributed by atoms with Crippen LogP contribution in [0.1, 0.15) is 32.1 Å². The number of hydrogen-bond acceptors (Lipinski definition) is 0. The van der Waals surface area contributed by atoms with Gasteiger partial charge in [0.2, 0.25) is 0 Å². The molecule has 0 N–H and O–H groups in total. The van der Waals surface area contributed by atoms with Gasteiger partial charge in [-0.3, -0.25) is 0 Å². The molecular formula is C10H15Br. The molecular weight excluding hydrogens is 200 g/mol. The Morgan fingerprint density at radius 3 is 2.09 bits per heavy atom. The molecule has 0 aromatic rings. The summed E-state index contributed by atoms with van der Waals surface area (Å²) in [5.41, 5.74) is 1.81. The molecule has 0 unspecified atom stereocenters. The Bertz CT molecular complexity index is 150. The molecule has 2 rings (SSSR count). The first-order chi connectivity index (χ1) is 5.42. The van der Waals surface area contributed by atoms with Gasteiger partial charge < -0.3 is 0 Å². The molecule has 0 spiro atoms. The van der Waals surface area contributed by atoms with E-state index in [-0.39, 0.29) is 0 Å². The Kier molecular flexibility index (Phi) is 2.36. The molecule has 0 amide bonds. The third-order valence-corrected chi connectivity index (χ3v) is 3.04. The van der Waals surface area contributed by atoms with E-state index in [1.165, 1.54) is 32.1 Å². The summed E-state index contributed by atoms with van der Waals surface area (Å²) in [6.07, 6.45) is 9.64. The number of rotatable bonds is 4. The number of hydrogen-bond donors (Lipinski definition) is 0. The Hall–Kier alpha value is 0.220. The van der Waals surface area contributed by atoms with Crippen LogP contribution in [0.15, 0.2) is 11.6 Å². The maximum absolute atomic E-state index is 3.47. The summed E-state index contributed by atoms with van der Waals surface area (Å²) in [6, 6.07) is 0. The van der Waals surface area contributed by atoms with Crippen molar-refractivity contribution in [3.05, 3.63) is 11.6 Å². The minimum absolute atomic E-state index is 1.02. The lowest BCUT2D eigenvalue weighted by atomic mass is 10.1. The van der Waals surface area contributed by atoms with Gasteiger partial charge in [0.05, 0.1) is 0 Å². The van der Waals surface area contributed by atoms with Crippen molar-refractivity contribution in [2.75, 3.05) is 5.33 Å². The SMILES string of the molecule is BrCCC=C(C1CC1)C1CC1. The molecule has 11 heavy (non-hydrogen) atoms. The van der Waals surface area contributed by atoms with Crippen molar-refractivity contribution < 1.29 is 0 Å². The van der Waals surface area contributed by atoms with Crippen molar-refractivity contribution in [1.29, 1.82) is 0 Å². The highest BCUT2D eigenvalue weighted by Gasteiger charge is 2.35. The zero-order chi connectivity index (χ0) is 7.68. The first-order valence-electron chi connectivity index (χ1n) is 4.67. The summed E-state index contributed by atoms with van der Waals surface area (Å²) in [4.78, 5) is 0. The van der Waals surface area contributed by atoms with E-state index in [0.717, 1.165) is 17.2 Å². The predicted molar refractivity (Wildman–Crippen MR) is 51.9 cm³/mol. The maximum atomic E-state index is 3.47. The van der Waals surface area contributed by atoms with Gasteiger partial charge in [-0.15, -0.1) is 0 Å². The molecule has 0 radical (unpaired) electrons. The van der Waals surface area contributed by atoms with E-state index < -0.39 is 0 Å². The second kappa shape index (κ2) is 3.30. The molecule has 0 saturated heterocycles. The molecule has 2 aliphatic rings.